The summed E-state index contributed by atoms with van der Waals surface area (Å²) in [5.74, 6) is -0.903. The first kappa shape index (κ1) is 18.8. The minimum atomic E-state index is -0.800. The average Bonchev–Trinajstić information content (AvgIpc) is 3.20. The third-order valence-electron chi connectivity index (χ3n) is 4.79. The Morgan fingerprint density at radius 1 is 1.07 bits per heavy atom. The second-order valence-corrected chi connectivity index (χ2v) is 7.54. The molecular weight excluding hydrogens is 382 g/mol. The molecule has 1 saturated heterocycles. The molecule has 4 rings (SSSR count). The third kappa shape index (κ3) is 4.31. The highest BCUT2D eigenvalue weighted by Gasteiger charge is 2.20. The van der Waals surface area contributed by atoms with Gasteiger partial charge >= 0.3 is 0 Å². The zero-order valence-electron chi connectivity index (χ0n) is 15.5. The van der Waals surface area contributed by atoms with Gasteiger partial charge in [0, 0.05) is 49.8 Å². The van der Waals surface area contributed by atoms with Gasteiger partial charge in [0.2, 0.25) is 5.13 Å². The van der Waals surface area contributed by atoms with E-state index in [1.165, 1.54) is 23.7 Å². The quantitative estimate of drug-likeness (QED) is 0.654. The molecule has 1 aromatic carbocycles. The first-order chi connectivity index (χ1) is 13.6. The number of nitrogens with zero attached hydrogens (tertiary/aromatic N) is 6. The Kier molecular flexibility index (Phi) is 5.54. The molecule has 0 radical (unpaired) electrons. The van der Waals surface area contributed by atoms with Crippen LogP contribution in [0.3, 0.4) is 0 Å². The summed E-state index contributed by atoms with van der Waals surface area (Å²) < 4.78 is 30.8. The molecule has 0 unspecified atom stereocenters. The monoisotopic (exact) mass is 402 g/mol. The van der Waals surface area contributed by atoms with Crippen LogP contribution in [0, 0.1) is 18.6 Å². The Morgan fingerprint density at radius 3 is 2.64 bits per heavy atom. The lowest BCUT2D eigenvalue weighted by Gasteiger charge is -2.34. The number of hydrogen-bond acceptors (Lipinski definition) is 7. The molecule has 1 aliphatic heterocycles. The van der Waals surface area contributed by atoms with Crippen LogP contribution in [-0.2, 0) is 6.42 Å². The number of rotatable bonds is 5. The molecule has 0 aliphatic carbocycles. The summed E-state index contributed by atoms with van der Waals surface area (Å²) in [6, 6.07) is 6.04. The van der Waals surface area contributed by atoms with Gasteiger partial charge in [-0.25, -0.2) is 8.78 Å². The number of aromatic nitrogens is 4. The zero-order chi connectivity index (χ0) is 19.5. The van der Waals surface area contributed by atoms with Crippen molar-refractivity contribution in [2.24, 2.45) is 0 Å². The van der Waals surface area contributed by atoms with Gasteiger partial charge in [0.15, 0.2) is 17.5 Å². The fourth-order valence-corrected chi connectivity index (χ4v) is 3.94. The van der Waals surface area contributed by atoms with Crippen LogP contribution < -0.4 is 4.90 Å². The molecule has 6 nitrogen and oxygen atoms in total. The SMILES string of the molecule is Cc1cc(-c2nsc(N3CCN(CCc4ccc(F)c(F)c4)CC3)n2)cnn1. The van der Waals surface area contributed by atoms with Crippen LogP contribution in [0.2, 0.25) is 0 Å². The molecule has 0 N–H and O–H groups in total. The van der Waals surface area contributed by atoms with Crippen molar-refractivity contribution in [1.82, 2.24) is 24.5 Å². The summed E-state index contributed by atoms with van der Waals surface area (Å²) in [5, 5.41) is 8.83. The second-order valence-electron chi connectivity index (χ2n) is 6.81. The normalized spacial score (nSPS) is 15.2. The summed E-state index contributed by atoms with van der Waals surface area (Å²) in [7, 11) is 0. The lowest BCUT2D eigenvalue weighted by molar-refractivity contribution is 0.261. The van der Waals surface area contributed by atoms with Crippen molar-refractivity contribution >= 4 is 16.7 Å². The summed E-state index contributed by atoms with van der Waals surface area (Å²) in [4.78, 5) is 9.21. The lowest BCUT2D eigenvalue weighted by atomic mass is 10.1. The molecule has 9 heteroatoms. The van der Waals surface area contributed by atoms with Crippen LogP contribution in [0.25, 0.3) is 11.4 Å². The number of benzene rings is 1. The van der Waals surface area contributed by atoms with Crippen molar-refractivity contribution in [3.05, 3.63) is 53.4 Å². The summed E-state index contributed by atoms with van der Waals surface area (Å²) in [5.41, 5.74) is 2.53. The molecule has 1 fully saturated rings. The Bertz CT molecular complexity index is 955. The molecule has 28 heavy (non-hydrogen) atoms. The molecule has 1 aliphatic rings. The Balaban J connectivity index is 1.31. The molecule has 3 aromatic rings. The van der Waals surface area contributed by atoms with Crippen LogP contribution in [0.5, 0.6) is 0 Å². The first-order valence-corrected chi connectivity index (χ1v) is 9.90. The van der Waals surface area contributed by atoms with Crippen LogP contribution in [0.4, 0.5) is 13.9 Å². The smallest absolute Gasteiger partial charge is 0.205 e. The lowest BCUT2D eigenvalue weighted by Crippen LogP contribution is -2.47. The molecule has 2 aromatic heterocycles. The third-order valence-corrected chi connectivity index (χ3v) is 5.57. The van der Waals surface area contributed by atoms with Crippen molar-refractivity contribution in [1.29, 1.82) is 0 Å². The van der Waals surface area contributed by atoms with E-state index in [4.69, 9.17) is 0 Å². The predicted octanol–water partition coefficient (Wildman–Crippen LogP) is 2.95. The molecular formula is C19H20F2N6S. The summed E-state index contributed by atoms with van der Waals surface area (Å²) in [6.07, 6.45) is 2.38. The van der Waals surface area contributed by atoms with E-state index >= 15 is 0 Å². The van der Waals surface area contributed by atoms with E-state index < -0.39 is 11.6 Å². The largest absolute Gasteiger partial charge is 0.344 e. The Morgan fingerprint density at radius 2 is 1.89 bits per heavy atom. The van der Waals surface area contributed by atoms with E-state index in [2.05, 4.69) is 29.4 Å². The van der Waals surface area contributed by atoms with Crippen molar-refractivity contribution in [3.8, 4) is 11.4 Å². The van der Waals surface area contributed by atoms with E-state index in [1.807, 2.05) is 13.0 Å². The molecule has 0 atom stereocenters. The van der Waals surface area contributed by atoms with Gasteiger partial charge in [-0.1, -0.05) is 6.07 Å². The standard InChI is InChI=1S/C19H20F2N6S/c1-13-10-15(12-22-24-13)18-23-19(28-25-18)27-8-6-26(7-9-27)5-4-14-2-3-16(20)17(21)11-14/h2-3,10-12H,4-9H2,1H3. The van der Waals surface area contributed by atoms with Gasteiger partial charge < -0.3 is 4.90 Å². The molecule has 0 spiro atoms. The van der Waals surface area contributed by atoms with Crippen LogP contribution in [0.1, 0.15) is 11.3 Å². The first-order valence-electron chi connectivity index (χ1n) is 9.13. The van der Waals surface area contributed by atoms with Crippen molar-refractivity contribution in [2.75, 3.05) is 37.6 Å². The number of halogens is 2. The molecule has 0 saturated carbocycles. The van der Waals surface area contributed by atoms with Gasteiger partial charge in [-0.2, -0.15) is 19.6 Å². The van der Waals surface area contributed by atoms with Gasteiger partial charge in [-0.05, 0) is 37.1 Å². The summed E-state index contributed by atoms with van der Waals surface area (Å²) >= 11 is 1.39. The van der Waals surface area contributed by atoms with Crippen molar-refractivity contribution in [3.63, 3.8) is 0 Å². The zero-order valence-corrected chi connectivity index (χ0v) is 16.3. The minimum absolute atomic E-state index is 0.679. The van der Waals surface area contributed by atoms with E-state index in [9.17, 15) is 8.78 Å². The number of hydrogen-bond donors (Lipinski definition) is 0. The Labute approximate surface area is 166 Å². The maximum Gasteiger partial charge on any atom is 0.205 e. The van der Waals surface area contributed by atoms with Gasteiger partial charge in [0.05, 0.1) is 11.9 Å². The maximum absolute atomic E-state index is 13.3. The molecule has 146 valence electrons. The van der Waals surface area contributed by atoms with Crippen molar-refractivity contribution in [2.45, 2.75) is 13.3 Å². The van der Waals surface area contributed by atoms with E-state index in [1.54, 1.807) is 12.3 Å². The van der Waals surface area contributed by atoms with Gasteiger partial charge in [0.1, 0.15) is 0 Å². The molecule has 0 amide bonds. The number of aryl methyl sites for hydroxylation is 1. The van der Waals surface area contributed by atoms with E-state index in [-0.39, 0.29) is 0 Å². The van der Waals surface area contributed by atoms with E-state index in [0.717, 1.165) is 54.7 Å². The maximum atomic E-state index is 13.3. The van der Waals surface area contributed by atoms with Crippen LogP contribution >= 0.6 is 11.5 Å². The van der Waals surface area contributed by atoms with Gasteiger partial charge in [-0.15, -0.1) is 0 Å². The second kappa shape index (κ2) is 8.24. The highest BCUT2D eigenvalue weighted by atomic mass is 32.1. The fraction of sp³-hybridized carbons (Fsp3) is 0.368. The highest BCUT2D eigenvalue weighted by molar-refractivity contribution is 7.09. The van der Waals surface area contributed by atoms with Crippen LogP contribution in [0.15, 0.2) is 30.5 Å². The Hall–Kier alpha value is -2.52. The number of anilines is 1. The minimum Gasteiger partial charge on any atom is -0.344 e. The van der Waals surface area contributed by atoms with Gasteiger partial charge in [-0.3, -0.25) is 4.90 Å². The van der Waals surface area contributed by atoms with E-state index in [0.29, 0.717) is 12.2 Å². The molecule has 0 bridgehead atoms. The van der Waals surface area contributed by atoms with Crippen LogP contribution in [-0.4, -0.2) is 57.2 Å². The van der Waals surface area contributed by atoms with Gasteiger partial charge in [0.25, 0.3) is 0 Å². The predicted molar refractivity (Wildman–Crippen MR) is 104 cm³/mol. The molecule has 3 heterocycles. The topological polar surface area (TPSA) is 58.0 Å². The number of piperazine rings is 1. The fourth-order valence-electron chi connectivity index (χ4n) is 3.20. The highest BCUT2D eigenvalue weighted by Crippen LogP contribution is 2.24. The average molecular weight is 402 g/mol. The van der Waals surface area contributed by atoms with Crippen molar-refractivity contribution < 1.29 is 8.78 Å². The summed E-state index contributed by atoms with van der Waals surface area (Å²) in [6.45, 7) is 6.23.